The molecule has 1 fully saturated rings. The number of likely N-dealkylation sites (tertiary alicyclic amines) is 1. The predicted octanol–water partition coefficient (Wildman–Crippen LogP) is 0.891. The molecule has 0 aromatic rings. The molecule has 0 aromatic heterocycles. The predicted molar refractivity (Wildman–Crippen MR) is 58.1 cm³/mol. The quantitative estimate of drug-likeness (QED) is 0.684. The van der Waals surface area contributed by atoms with Crippen LogP contribution in [0.5, 0.6) is 0 Å². The van der Waals surface area contributed by atoms with Crippen molar-refractivity contribution in [3.05, 3.63) is 0 Å². The summed E-state index contributed by atoms with van der Waals surface area (Å²) in [6.45, 7) is 1.77. The second-order valence-electron chi connectivity index (χ2n) is 4.08. The Bertz CT molecular complexity index is 247. The van der Waals surface area contributed by atoms with Crippen molar-refractivity contribution in [1.29, 1.82) is 5.26 Å². The largest absolute Gasteiger partial charge is 0.344 e. The Kier molecular flexibility index (Phi) is 5.13. The smallest absolute Gasteiger partial charge is 0.222 e. The number of rotatable bonds is 5. The number of unbranched alkanes of at least 4 members (excludes halogenated alkanes) is 2. The maximum atomic E-state index is 11.2. The van der Waals surface area contributed by atoms with E-state index in [2.05, 4.69) is 11.4 Å². The van der Waals surface area contributed by atoms with E-state index < -0.39 is 0 Å². The Morgan fingerprint density at radius 2 is 2.40 bits per heavy atom. The minimum atomic E-state index is 0.248. The van der Waals surface area contributed by atoms with Crippen LogP contribution in [-0.2, 0) is 4.79 Å². The first-order valence-corrected chi connectivity index (χ1v) is 5.58. The molecule has 1 rings (SSSR count). The van der Waals surface area contributed by atoms with Gasteiger partial charge in [0.25, 0.3) is 0 Å². The topological polar surface area (TPSA) is 56.1 Å². The number of likely N-dealkylation sites (N-methyl/N-ethyl adjacent to an activating group) is 1. The molecule has 4 nitrogen and oxygen atoms in total. The molecule has 1 heterocycles. The zero-order valence-corrected chi connectivity index (χ0v) is 9.33. The minimum absolute atomic E-state index is 0.248. The maximum Gasteiger partial charge on any atom is 0.222 e. The normalized spacial score (nSPS) is 21.5. The van der Waals surface area contributed by atoms with Crippen LogP contribution in [0.1, 0.15) is 32.1 Å². The number of hydrogen-bond acceptors (Lipinski definition) is 3. The Morgan fingerprint density at radius 1 is 1.60 bits per heavy atom. The van der Waals surface area contributed by atoms with Gasteiger partial charge in [0.15, 0.2) is 0 Å². The first-order valence-electron chi connectivity index (χ1n) is 5.58. The fourth-order valence-electron chi connectivity index (χ4n) is 1.81. The van der Waals surface area contributed by atoms with Gasteiger partial charge in [-0.05, 0) is 25.8 Å². The molecular weight excluding hydrogens is 190 g/mol. The molecule has 1 saturated heterocycles. The minimum Gasteiger partial charge on any atom is -0.344 e. The van der Waals surface area contributed by atoms with Gasteiger partial charge in [-0.1, -0.05) is 0 Å². The van der Waals surface area contributed by atoms with E-state index in [1.165, 1.54) is 0 Å². The summed E-state index contributed by atoms with van der Waals surface area (Å²) in [6, 6.07) is 2.58. The van der Waals surface area contributed by atoms with Gasteiger partial charge >= 0.3 is 0 Å². The summed E-state index contributed by atoms with van der Waals surface area (Å²) in [5.41, 5.74) is 0. The Balaban J connectivity index is 2.07. The molecule has 1 amide bonds. The number of nitrogens with zero attached hydrogens (tertiary/aromatic N) is 2. The van der Waals surface area contributed by atoms with Gasteiger partial charge in [0.1, 0.15) is 0 Å². The lowest BCUT2D eigenvalue weighted by atomic mass is 10.1. The Hall–Kier alpha value is -1.08. The molecule has 1 aliphatic heterocycles. The van der Waals surface area contributed by atoms with Gasteiger partial charge in [-0.25, -0.2) is 0 Å². The highest BCUT2D eigenvalue weighted by molar-refractivity contribution is 5.76. The van der Waals surface area contributed by atoms with Crippen LogP contribution in [0.4, 0.5) is 0 Å². The summed E-state index contributed by atoms with van der Waals surface area (Å²) in [5.74, 6) is 0.248. The van der Waals surface area contributed by atoms with Crippen molar-refractivity contribution in [1.82, 2.24) is 10.2 Å². The van der Waals surface area contributed by atoms with Gasteiger partial charge in [0.2, 0.25) is 5.91 Å². The number of carbonyl (C=O) groups excluding carboxylic acids is 1. The number of nitrogens with one attached hydrogen (secondary N) is 1. The molecule has 1 N–H and O–H groups in total. The van der Waals surface area contributed by atoms with Crippen LogP contribution < -0.4 is 5.32 Å². The fourth-order valence-corrected chi connectivity index (χ4v) is 1.81. The van der Waals surface area contributed by atoms with Gasteiger partial charge in [0, 0.05) is 32.5 Å². The lowest BCUT2D eigenvalue weighted by Crippen LogP contribution is -2.46. The number of carbonyl (C=O) groups is 1. The van der Waals surface area contributed by atoms with Crippen molar-refractivity contribution in [2.45, 2.75) is 38.1 Å². The van der Waals surface area contributed by atoms with E-state index in [0.717, 1.165) is 32.4 Å². The summed E-state index contributed by atoms with van der Waals surface area (Å²) < 4.78 is 0. The van der Waals surface area contributed by atoms with E-state index in [-0.39, 0.29) is 5.91 Å². The van der Waals surface area contributed by atoms with Crippen LogP contribution >= 0.6 is 0 Å². The lowest BCUT2D eigenvalue weighted by Gasteiger charge is -2.30. The standard InChI is InChI=1S/C11H19N3O/c1-14-9-10(5-6-11(14)15)13-8-4-2-3-7-12/h10,13H,2-6,8-9H2,1H3. The molecule has 1 unspecified atom stereocenters. The fraction of sp³-hybridized carbons (Fsp3) is 0.818. The Labute approximate surface area is 91.2 Å². The third kappa shape index (κ3) is 4.30. The van der Waals surface area contributed by atoms with Crippen LogP contribution in [-0.4, -0.2) is 37.0 Å². The number of amides is 1. The molecule has 0 aromatic carbocycles. The van der Waals surface area contributed by atoms with E-state index in [1.807, 2.05) is 7.05 Å². The average Bonchev–Trinajstić information content (AvgIpc) is 2.23. The molecule has 1 atom stereocenters. The highest BCUT2D eigenvalue weighted by Crippen LogP contribution is 2.09. The zero-order valence-electron chi connectivity index (χ0n) is 9.33. The van der Waals surface area contributed by atoms with Gasteiger partial charge in [-0.3, -0.25) is 4.79 Å². The summed E-state index contributed by atoms with van der Waals surface area (Å²) in [5, 5.41) is 11.8. The van der Waals surface area contributed by atoms with Gasteiger partial charge in [-0.15, -0.1) is 0 Å². The maximum absolute atomic E-state index is 11.2. The Morgan fingerprint density at radius 3 is 3.07 bits per heavy atom. The number of nitriles is 1. The lowest BCUT2D eigenvalue weighted by molar-refractivity contribution is -0.132. The van der Waals surface area contributed by atoms with E-state index in [1.54, 1.807) is 4.90 Å². The molecule has 0 aliphatic carbocycles. The molecule has 84 valence electrons. The van der Waals surface area contributed by atoms with Crippen molar-refractivity contribution >= 4 is 5.91 Å². The molecule has 4 heteroatoms. The summed E-state index contributed by atoms with van der Waals surface area (Å²) in [4.78, 5) is 13.0. The molecule has 15 heavy (non-hydrogen) atoms. The van der Waals surface area contributed by atoms with E-state index in [0.29, 0.717) is 18.9 Å². The molecule has 0 bridgehead atoms. The third-order valence-corrected chi connectivity index (χ3v) is 2.78. The molecule has 0 radical (unpaired) electrons. The van der Waals surface area contributed by atoms with Crippen molar-refractivity contribution in [2.24, 2.45) is 0 Å². The highest BCUT2D eigenvalue weighted by Gasteiger charge is 2.21. The average molecular weight is 209 g/mol. The zero-order chi connectivity index (χ0) is 11.1. The van der Waals surface area contributed by atoms with Gasteiger partial charge in [0.05, 0.1) is 6.07 Å². The van der Waals surface area contributed by atoms with Crippen LogP contribution in [0.3, 0.4) is 0 Å². The van der Waals surface area contributed by atoms with Gasteiger partial charge < -0.3 is 10.2 Å². The second-order valence-corrected chi connectivity index (χ2v) is 4.08. The van der Waals surface area contributed by atoms with Crippen molar-refractivity contribution in [3.8, 4) is 6.07 Å². The molecule has 0 spiro atoms. The summed E-state index contributed by atoms with van der Waals surface area (Å²) >= 11 is 0. The van der Waals surface area contributed by atoms with E-state index >= 15 is 0 Å². The third-order valence-electron chi connectivity index (χ3n) is 2.78. The molecular formula is C11H19N3O. The van der Waals surface area contributed by atoms with Crippen LogP contribution in [0.2, 0.25) is 0 Å². The number of hydrogen-bond donors (Lipinski definition) is 1. The van der Waals surface area contributed by atoms with Crippen LogP contribution in [0.15, 0.2) is 0 Å². The van der Waals surface area contributed by atoms with Gasteiger partial charge in [-0.2, -0.15) is 5.26 Å². The summed E-state index contributed by atoms with van der Waals surface area (Å²) in [7, 11) is 1.85. The number of piperidine rings is 1. The van der Waals surface area contributed by atoms with E-state index in [9.17, 15) is 4.79 Å². The van der Waals surface area contributed by atoms with Crippen molar-refractivity contribution < 1.29 is 4.79 Å². The van der Waals surface area contributed by atoms with Crippen LogP contribution in [0.25, 0.3) is 0 Å². The second kappa shape index (κ2) is 6.41. The van der Waals surface area contributed by atoms with E-state index in [4.69, 9.17) is 5.26 Å². The first-order chi connectivity index (χ1) is 7.24. The van der Waals surface area contributed by atoms with Crippen molar-refractivity contribution in [3.63, 3.8) is 0 Å². The SMILES string of the molecule is CN1CC(NCCCCC#N)CCC1=O. The molecule has 1 aliphatic rings. The summed E-state index contributed by atoms with van der Waals surface area (Å²) in [6.07, 6.45) is 4.26. The first kappa shape index (κ1) is 12.0. The highest BCUT2D eigenvalue weighted by atomic mass is 16.2. The van der Waals surface area contributed by atoms with Crippen molar-refractivity contribution in [2.75, 3.05) is 20.1 Å². The molecule has 0 saturated carbocycles. The van der Waals surface area contributed by atoms with Crippen LogP contribution in [0, 0.1) is 11.3 Å². The monoisotopic (exact) mass is 209 g/mol.